The van der Waals surface area contributed by atoms with Crippen LogP contribution in [0, 0.1) is 28.9 Å². The highest BCUT2D eigenvalue weighted by molar-refractivity contribution is 6.25. The summed E-state index contributed by atoms with van der Waals surface area (Å²) in [5, 5.41) is 11.5. The van der Waals surface area contributed by atoms with Crippen molar-refractivity contribution in [1.29, 1.82) is 0 Å². The minimum Gasteiger partial charge on any atom is -0.299 e. The second-order valence-electron chi connectivity index (χ2n) is 9.26. The van der Waals surface area contributed by atoms with Crippen molar-refractivity contribution in [1.82, 2.24) is 0 Å². The summed E-state index contributed by atoms with van der Waals surface area (Å²) in [4.78, 5) is 53.6. The first kappa shape index (κ1) is 20.5. The Morgan fingerprint density at radius 3 is 2.09 bits per heavy atom. The summed E-state index contributed by atoms with van der Waals surface area (Å²) in [6.07, 6.45) is 0. The van der Waals surface area contributed by atoms with Gasteiger partial charge in [-0.25, -0.2) is 4.90 Å². The number of imide groups is 1. The lowest BCUT2D eigenvalue weighted by Gasteiger charge is -2.52. The van der Waals surface area contributed by atoms with Gasteiger partial charge in [-0.05, 0) is 42.2 Å². The molecule has 7 heteroatoms. The van der Waals surface area contributed by atoms with E-state index < -0.39 is 34.0 Å². The van der Waals surface area contributed by atoms with E-state index in [2.05, 4.69) is 0 Å². The van der Waals surface area contributed by atoms with Crippen LogP contribution in [0.3, 0.4) is 0 Å². The summed E-state index contributed by atoms with van der Waals surface area (Å²) < 4.78 is 0. The molecule has 7 rings (SSSR count). The summed E-state index contributed by atoms with van der Waals surface area (Å²) in [5.41, 5.74) is 2.45. The van der Waals surface area contributed by atoms with Crippen LogP contribution in [0.1, 0.15) is 40.7 Å². The highest BCUT2D eigenvalue weighted by Crippen LogP contribution is 2.64. The van der Waals surface area contributed by atoms with Gasteiger partial charge in [0.2, 0.25) is 11.8 Å². The van der Waals surface area contributed by atoms with E-state index in [0.29, 0.717) is 5.56 Å². The number of hydrogen-bond donors (Lipinski definition) is 0. The number of rotatable bonds is 3. The Labute approximate surface area is 195 Å². The number of benzene rings is 3. The molecule has 2 atom stereocenters. The lowest BCUT2D eigenvalue weighted by atomic mass is 9.46. The van der Waals surface area contributed by atoms with Crippen LogP contribution in [0.15, 0.2) is 66.7 Å². The number of carbonyl (C=O) groups is 3. The van der Waals surface area contributed by atoms with Gasteiger partial charge in [-0.15, -0.1) is 0 Å². The molecular formula is C27H20N2O5. The molecule has 0 radical (unpaired) electrons. The largest absolute Gasteiger partial charge is 0.299 e. The number of nitro groups is 1. The molecule has 1 heterocycles. The van der Waals surface area contributed by atoms with Crippen LogP contribution in [0.2, 0.25) is 0 Å². The molecule has 0 N–H and O–H groups in total. The average molecular weight is 452 g/mol. The van der Waals surface area contributed by atoms with Crippen molar-refractivity contribution in [2.75, 3.05) is 4.90 Å². The van der Waals surface area contributed by atoms with Gasteiger partial charge in [0.15, 0.2) is 0 Å². The quantitative estimate of drug-likeness (QED) is 0.339. The molecule has 3 aromatic rings. The molecule has 2 bridgehead atoms. The molecule has 1 aliphatic heterocycles. The van der Waals surface area contributed by atoms with Crippen LogP contribution in [0.5, 0.6) is 0 Å². The first-order valence-electron chi connectivity index (χ1n) is 11.1. The SMILES string of the molecule is CC(=O)C12c3ccccc3C(c3ccccc31)[C@H]1C(=O)N(c3ccc(C)c([N+](=O)[O-])c3)C(=O)[C@H]12. The van der Waals surface area contributed by atoms with Gasteiger partial charge < -0.3 is 0 Å². The maximum absolute atomic E-state index is 14.0. The van der Waals surface area contributed by atoms with Crippen molar-refractivity contribution in [3.05, 3.63) is 105 Å². The maximum atomic E-state index is 14.0. The van der Waals surface area contributed by atoms with Crippen molar-refractivity contribution in [3.63, 3.8) is 0 Å². The third-order valence-electron chi connectivity index (χ3n) is 7.82. The molecule has 168 valence electrons. The molecule has 34 heavy (non-hydrogen) atoms. The van der Waals surface area contributed by atoms with Crippen LogP contribution in [-0.2, 0) is 19.8 Å². The van der Waals surface area contributed by atoms with Crippen LogP contribution in [0.25, 0.3) is 0 Å². The number of hydrogen-bond acceptors (Lipinski definition) is 5. The lowest BCUT2D eigenvalue weighted by molar-refractivity contribution is -0.385. The fourth-order valence-corrected chi connectivity index (χ4v) is 6.56. The first-order chi connectivity index (χ1) is 16.3. The van der Waals surface area contributed by atoms with Crippen LogP contribution < -0.4 is 4.90 Å². The standard InChI is InChI=1S/C27H20N2O5/c1-14-11-12-16(13-21(14)29(33)34)28-25(31)23-22-17-7-3-5-9-19(17)27(15(2)30,24(23)26(28)32)20-10-6-4-8-18(20)22/h3-13,22-24H,1-2H3/t22?,23-,24+,27?/m1/s1. The van der Waals surface area contributed by atoms with Crippen molar-refractivity contribution >= 4 is 29.0 Å². The number of carbonyl (C=O) groups excluding carboxylic acids is 3. The van der Waals surface area contributed by atoms with Gasteiger partial charge in [0.25, 0.3) is 5.69 Å². The second-order valence-corrected chi connectivity index (χ2v) is 9.26. The van der Waals surface area contributed by atoms with Gasteiger partial charge in [-0.2, -0.15) is 0 Å². The number of Topliss-reactive ketones (excluding diaryl/α,β-unsaturated/α-hetero) is 1. The lowest BCUT2D eigenvalue weighted by Crippen LogP contribution is -2.57. The molecular weight excluding hydrogens is 432 g/mol. The number of ketones is 1. The summed E-state index contributed by atoms with van der Waals surface area (Å²) in [7, 11) is 0. The van der Waals surface area contributed by atoms with Crippen molar-refractivity contribution in [3.8, 4) is 0 Å². The molecule has 4 aliphatic rings. The third kappa shape index (κ3) is 2.24. The Bertz CT molecular complexity index is 1410. The Morgan fingerprint density at radius 1 is 0.941 bits per heavy atom. The molecule has 2 amide bonds. The van der Waals surface area contributed by atoms with Gasteiger partial charge in [0.1, 0.15) is 5.78 Å². The molecule has 3 aliphatic carbocycles. The Morgan fingerprint density at radius 2 is 1.53 bits per heavy atom. The molecule has 0 saturated carbocycles. The molecule has 7 nitrogen and oxygen atoms in total. The van der Waals surface area contributed by atoms with E-state index >= 15 is 0 Å². The van der Waals surface area contributed by atoms with Crippen molar-refractivity contribution in [2.24, 2.45) is 11.8 Å². The predicted molar refractivity (Wildman–Crippen MR) is 123 cm³/mol. The van der Waals surface area contributed by atoms with Gasteiger partial charge >= 0.3 is 0 Å². The summed E-state index contributed by atoms with van der Waals surface area (Å²) in [6, 6.07) is 19.5. The number of nitrogens with zero attached hydrogens (tertiary/aromatic N) is 2. The zero-order chi connectivity index (χ0) is 23.9. The zero-order valence-electron chi connectivity index (χ0n) is 18.5. The monoisotopic (exact) mass is 452 g/mol. The fraction of sp³-hybridized carbons (Fsp3) is 0.222. The van der Waals surface area contributed by atoms with Crippen molar-refractivity contribution < 1.29 is 19.3 Å². The minimum absolute atomic E-state index is 0.160. The van der Waals surface area contributed by atoms with E-state index in [4.69, 9.17) is 0 Å². The zero-order valence-corrected chi connectivity index (χ0v) is 18.5. The summed E-state index contributed by atoms with van der Waals surface area (Å²) >= 11 is 0. The van der Waals surface area contributed by atoms with Crippen LogP contribution in [-0.4, -0.2) is 22.5 Å². The fourth-order valence-electron chi connectivity index (χ4n) is 6.56. The average Bonchev–Trinajstić information content (AvgIpc) is 3.10. The maximum Gasteiger partial charge on any atom is 0.274 e. The molecule has 0 aromatic heterocycles. The van der Waals surface area contributed by atoms with Gasteiger partial charge in [0.05, 0.1) is 27.9 Å². The second kappa shape index (κ2) is 6.70. The third-order valence-corrected chi connectivity index (χ3v) is 7.82. The Hall–Kier alpha value is -4.13. The summed E-state index contributed by atoms with van der Waals surface area (Å²) in [6.45, 7) is 3.08. The highest BCUT2D eigenvalue weighted by atomic mass is 16.6. The van der Waals surface area contributed by atoms with E-state index in [1.807, 2.05) is 48.5 Å². The molecule has 0 spiro atoms. The first-order valence-corrected chi connectivity index (χ1v) is 11.1. The topological polar surface area (TPSA) is 97.6 Å². The van der Waals surface area contributed by atoms with E-state index in [1.165, 1.54) is 19.1 Å². The van der Waals surface area contributed by atoms with Crippen LogP contribution in [0.4, 0.5) is 11.4 Å². The van der Waals surface area contributed by atoms with Crippen molar-refractivity contribution in [2.45, 2.75) is 25.2 Å². The Balaban J connectivity index is 1.63. The Kier molecular flexibility index (Phi) is 4.03. The van der Waals surface area contributed by atoms with E-state index in [1.54, 1.807) is 13.0 Å². The number of anilines is 1. The van der Waals surface area contributed by atoms with E-state index in [0.717, 1.165) is 27.2 Å². The number of nitro benzene ring substituents is 1. The number of amides is 2. The predicted octanol–water partition coefficient (Wildman–Crippen LogP) is 4.04. The highest BCUT2D eigenvalue weighted by Gasteiger charge is 2.70. The summed E-state index contributed by atoms with van der Waals surface area (Å²) in [5.74, 6) is -3.15. The smallest absolute Gasteiger partial charge is 0.274 e. The molecule has 1 saturated heterocycles. The van der Waals surface area contributed by atoms with Crippen LogP contribution >= 0.6 is 0 Å². The van der Waals surface area contributed by atoms with E-state index in [-0.39, 0.29) is 23.1 Å². The van der Waals surface area contributed by atoms with Gasteiger partial charge in [-0.3, -0.25) is 24.5 Å². The van der Waals surface area contributed by atoms with Gasteiger partial charge in [0, 0.05) is 17.5 Å². The minimum atomic E-state index is -1.29. The number of aryl methyl sites for hydroxylation is 1. The van der Waals surface area contributed by atoms with E-state index in [9.17, 15) is 24.5 Å². The molecule has 3 aromatic carbocycles. The molecule has 1 fully saturated rings. The normalized spacial score (nSPS) is 26.2. The van der Waals surface area contributed by atoms with Gasteiger partial charge in [-0.1, -0.05) is 54.6 Å². The molecule has 0 unspecified atom stereocenters.